The Kier molecular flexibility index (Phi) is 11.8. The predicted molar refractivity (Wildman–Crippen MR) is 160 cm³/mol. The molecule has 236 valence electrons. The fourth-order valence-corrected chi connectivity index (χ4v) is 4.60. The van der Waals surface area contributed by atoms with Gasteiger partial charge in [0.2, 0.25) is 0 Å². The number of alkyl halides is 2. The molecule has 0 radical (unpaired) electrons. The number of esters is 1. The average Bonchev–Trinajstić information content (AvgIpc) is 3.83. The molecule has 1 aliphatic rings. The van der Waals surface area contributed by atoms with Crippen LogP contribution in [-0.4, -0.2) is 50.0 Å². The summed E-state index contributed by atoms with van der Waals surface area (Å²) in [6, 6.07) is 9.74. The van der Waals surface area contributed by atoms with E-state index < -0.39 is 30.3 Å². The van der Waals surface area contributed by atoms with Crippen LogP contribution in [0, 0.1) is 5.92 Å². The van der Waals surface area contributed by atoms with Gasteiger partial charge in [-0.3, -0.25) is 4.79 Å². The molecule has 14 heteroatoms. The van der Waals surface area contributed by atoms with Crippen LogP contribution in [0.25, 0.3) is 0 Å². The number of nitrogens with one attached hydrogen (secondary N) is 3. The lowest BCUT2D eigenvalue weighted by atomic mass is 10.0. The molecule has 0 bridgehead atoms. The molecule has 0 aliphatic heterocycles. The van der Waals surface area contributed by atoms with Crippen LogP contribution in [0.1, 0.15) is 47.4 Å². The third-order valence-electron chi connectivity index (χ3n) is 6.56. The second kappa shape index (κ2) is 15.7. The van der Waals surface area contributed by atoms with Crippen LogP contribution < -0.4 is 25.7 Å². The van der Waals surface area contributed by atoms with Crippen LogP contribution in [0.3, 0.4) is 0 Å². The van der Waals surface area contributed by atoms with E-state index in [9.17, 15) is 23.2 Å². The number of anilines is 1. The summed E-state index contributed by atoms with van der Waals surface area (Å²) < 4.78 is 47.6. The molecule has 44 heavy (non-hydrogen) atoms. The molecular weight excluding hydrogens is 623 g/mol. The average molecular weight is 654 g/mol. The maximum absolute atomic E-state index is 13.3. The van der Waals surface area contributed by atoms with Gasteiger partial charge in [-0.2, -0.15) is 8.78 Å². The predicted octanol–water partition coefficient (Wildman–Crippen LogP) is 6.37. The molecule has 1 unspecified atom stereocenters. The van der Waals surface area contributed by atoms with Crippen LogP contribution in [-0.2, 0) is 15.9 Å². The molecule has 1 fully saturated rings. The molecule has 4 rings (SSSR count). The molecule has 1 aromatic heterocycles. The summed E-state index contributed by atoms with van der Waals surface area (Å²) in [4.78, 5) is 40.0. The number of urea groups is 1. The topological polar surface area (TPSA) is 128 Å². The first-order valence-electron chi connectivity index (χ1n) is 13.8. The van der Waals surface area contributed by atoms with Crippen molar-refractivity contribution < 1.29 is 37.3 Å². The van der Waals surface area contributed by atoms with Gasteiger partial charge in [0.15, 0.2) is 11.5 Å². The van der Waals surface area contributed by atoms with Crippen molar-refractivity contribution in [1.82, 2.24) is 10.3 Å². The number of ether oxygens (including phenoxy) is 4. The number of hydrogen-bond donors (Lipinski definition) is 3. The van der Waals surface area contributed by atoms with Crippen molar-refractivity contribution in [3.05, 3.63) is 85.8 Å². The molecule has 1 atom stereocenters. The third kappa shape index (κ3) is 9.57. The van der Waals surface area contributed by atoms with Crippen LogP contribution >= 0.6 is 23.2 Å². The van der Waals surface area contributed by atoms with Gasteiger partial charge >= 0.3 is 18.6 Å². The van der Waals surface area contributed by atoms with Crippen molar-refractivity contribution >= 4 is 40.9 Å². The van der Waals surface area contributed by atoms with Crippen LogP contribution in [0.5, 0.6) is 11.5 Å². The number of benzene rings is 2. The maximum atomic E-state index is 13.3. The highest BCUT2D eigenvalue weighted by atomic mass is 35.5. The number of amides is 2. The quantitative estimate of drug-likeness (QED) is 0.128. The number of halogens is 4. The number of aromatic amines is 1. The van der Waals surface area contributed by atoms with Crippen LogP contribution in [0.2, 0.25) is 10.0 Å². The van der Waals surface area contributed by atoms with Gasteiger partial charge < -0.3 is 34.6 Å². The first-order chi connectivity index (χ1) is 21.1. The Bertz CT molecular complexity index is 1500. The largest absolute Gasteiger partial charge is 0.489 e. The Balaban J connectivity index is 1.56. The van der Waals surface area contributed by atoms with Crippen LogP contribution in [0.4, 0.5) is 19.3 Å². The Morgan fingerprint density at radius 2 is 1.84 bits per heavy atom. The van der Waals surface area contributed by atoms with E-state index in [-0.39, 0.29) is 39.1 Å². The summed E-state index contributed by atoms with van der Waals surface area (Å²) in [5, 5.41) is 5.25. The highest BCUT2D eigenvalue weighted by Gasteiger charge is 2.26. The van der Waals surface area contributed by atoms with Gasteiger partial charge in [-0.1, -0.05) is 29.3 Å². The molecule has 2 aromatic carbocycles. The van der Waals surface area contributed by atoms with Crippen LogP contribution in [0.15, 0.2) is 53.5 Å². The van der Waals surface area contributed by atoms with Crippen molar-refractivity contribution in [2.45, 2.75) is 38.9 Å². The van der Waals surface area contributed by atoms with Gasteiger partial charge in [-0.25, -0.2) is 9.59 Å². The van der Waals surface area contributed by atoms with E-state index in [2.05, 4.69) is 20.4 Å². The smallest absolute Gasteiger partial charge is 0.387 e. The molecule has 1 heterocycles. The summed E-state index contributed by atoms with van der Waals surface area (Å²) in [6.07, 6.45) is 2.02. The number of pyridine rings is 1. The number of carbonyl (C=O) groups excluding carboxylic acids is 2. The molecule has 3 N–H and O–H groups in total. The van der Waals surface area contributed by atoms with E-state index in [4.69, 9.17) is 37.4 Å². The van der Waals surface area contributed by atoms with E-state index in [1.54, 1.807) is 0 Å². The van der Waals surface area contributed by atoms with Crippen molar-refractivity contribution in [2.75, 3.05) is 31.7 Å². The standard InChI is InChI=1S/C30H31Cl2F2N3O7/c1-2-41-12-11-35-30(40)37-20-8-5-18(6-9-20)28(39)43-24(14-21-22(31)15-36-27(38)26(21)32)19-7-10-23(44-29(33)34)25(13-19)42-16-17-3-4-17/h5-10,13,15,17,24,29H,2-4,11-12,14,16H2,1H3,(H,36,38)(H2,35,37,40). The van der Waals surface area contributed by atoms with E-state index in [1.807, 2.05) is 6.92 Å². The van der Waals surface area contributed by atoms with Crippen molar-refractivity contribution in [2.24, 2.45) is 5.92 Å². The van der Waals surface area contributed by atoms with Gasteiger partial charge in [-0.05, 0) is 67.6 Å². The molecule has 1 aliphatic carbocycles. The van der Waals surface area contributed by atoms with Gasteiger partial charge in [0.05, 0.1) is 23.8 Å². The molecule has 1 saturated carbocycles. The fraction of sp³-hybridized carbons (Fsp3) is 0.367. The lowest BCUT2D eigenvalue weighted by Gasteiger charge is -2.21. The first-order valence-corrected chi connectivity index (χ1v) is 14.6. The summed E-state index contributed by atoms with van der Waals surface area (Å²) in [7, 11) is 0. The SMILES string of the molecule is CCOCCNC(=O)Nc1ccc(C(=O)OC(Cc2c(Cl)c[nH]c(=O)c2Cl)c2ccc(OC(F)F)c(OCC3CC3)c2)cc1. The second-order valence-corrected chi connectivity index (χ2v) is 10.6. The highest BCUT2D eigenvalue weighted by molar-refractivity contribution is 6.35. The van der Waals surface area contributed by atoms with Gasteiger partial charge in [0, 0.05) is 37.0 Å². The van der Waals surface area contributed by atoms with Crippen molar-refractivity contribution in [1.29, 1.82) is 0 Å². The van der Waals surface area contributed by atoms with Gasteiger partial charge in [0.1, 0.15) is 11.1 Å². The Morgan fingerprint density at radius 3 is 2.52 bits per heavy atom. The zero-order chi connectivity index (χ0) is 31.6. The molecule has 2 amide bonds. The molecule has 3 aromatic rings. The molecule has 10 nitrogen and oxygen atoms in total. The normalized spacial score (nSPS) is 13.3. The number of aromatic nitrogens is 1. The van der Waals surface area contributed by atoms with Crippen molar-refractivity contribution in [3.63, 3.8) is 0 Å². The van der Waals surface area contributed by atoms with E-state index in [1.165, 1.54) is 48.7 Å². The number of H-pyrrole nitrogens is 1. The van der Waals surface area contributed by atoms with E-state index in [0.29, 0.717) is 43.5 Å². The number of carbonyl (C=O) groups is 2. The Morgan fingerprint density at radius 1 is 1.09 bits per heavy atom. The lowest BCUT2D eigenvalue weighted by Crippen LogP contribution is -2.31. The number of hydrogen-bond acceptors (Lipinski definition) is 7. The summed E-state index contributed by atoms with van der Waals surface area (Å²) in [6.45, 7) is 0.328. The monoisotopic (exact) mass is 653 g/mol. The molecule has 0 saturated heterocycles. The summed E-state index contributed by atoms with van der Waals surface area (Å²) >= 11 is 12.6. The van der Waals surface area contributed by atoms with Crippen molar-refractivity contribution in [3.8, 4) is 11.5 Å². The Hall–Kier alpha value is -3.87. The minimum atomic E-state index is -3.08. The molecule has 0 spiro atoms. The third-order valence-corrected chi connectivity index (χ3v) is 7.30. The highest BCUT2D eigenvalue weighted by Crippen LogP contribution is 2.37. The molecular formula is C30H31Cl2F2N3O7. The number of rotatable bonds is 15. The fourth-order valence-electron chi connectivity index (χ4n) is 4.09. The van der Waals surface area contributed by atoms with E-state index in [0.717, 1.165) is 12.8 Å². The zero-order valence-corrected chi connectivity index (χ0v) is 25.2. The van der Waals surface area contributed by atoms with Gasteiger partial charge in [-0.15, -0.1) is 0 Å². The first kappa shape index (κ1) is 33.0. The minimum Gasteiger partial charge on any atom is -0.489 e. The Labute approximate surface area is 261 Å². The minimum absolute atomic E-state index is 0.0498. The summed E-state index contributed by atoms with van der Waals surface area (Å²) in [5.74, 6) is -0.548. The van der Waals surface area contributed by atoms with E-state index >= 15 is 0 Å². The second-order valence-electron chi connectivity index (χ2n) is 9.85. The lowest BCUT2D eigenvalue weighted by molar-refractivity contribution is -0.0515. The summed E-state index contributed by atoms with van der Waals surface area (Å²) in [5.41, 5.74) is 0.582. The van der Waals surface area contributed by atoms with Gasteiger partial charge in [0.25, 0.3) is 5.56 Å². The maximum Gasteiger partial charge on any atom is 0.387 e. The zero-order valence-electron chi connectivity index (χ0n) is 23.7.